The van der Waals surface area contributed by atoms with E-state index >= 15 is 0 Å². The molecule has 0 aromatic rings. The van der Waals surface area contributed by atoms with Gasteiger partial charge in [0.25, 0.3) is 0 Å². The van der Waals surface area contributed by atoms with Gasteiger partial charge in [0, 0.05) is 19.3 Å². The molecule has 0 bridgehead atoms. The summed E-state index contributed by atoms with van der Waals surface area (Å²) >= 11 is 0. The van der Waals surface area contributed by atoms with Crippen molar-refractivity contribution in [3.05, 3.63) is 72.9 Å². The van der Waals surface area contributed by atoms with Gasteiger partial charge in [0.15, 0.2) is 6.10 Å². The number of rotatable bonds is 44. The van der Waals surface area contributed by atoms with Gasteiger partial charge >= 0.3 is 17.9 Å². The van der Waals surface area contributed by atoms with Gasteiger partial charge in [-0.3, -0.25) is 14.4 Å². The number of unbranched alkanes of at least 4 members (excludes halogenated alkanes) is 21. The SMILES string of the molecule is CC/C=C\C/C=C\C/C=C\C/C=C\C/C=C\CCC(=O)OCC(COC(=O)CCCCCCCCCCCCCC)OC(=O)CCCCC/C=C\CCCCCCCCC. The van der Waals surface area contributed by atoms with Gasteiger partial charge in [-0.25, -0.2) is 0 Å². The zero-order valence-corrected chi connectivity index (χ0v) is 39.2. The number of hydrogen-bond donors (Lipinski definition) is 0. The fraction of sp³-hybridized carbons (Fsp3) is 0.722. The Morgan fingerprint density at radius 2 is 0.683 bits per heavy atom. The Balaban J connectivity index is 4.51. The topological polar surface area (TPSA) is 78.9 Å². The largest absolute Gasteiger partial charge is 0.462 e. The van der Waals surface area contributed by atoms with E-state index < -0.39 is 6.10 Å². The third-order valence-corrected chi connectivity index (χ3v) is 10.5. The van der Waals surface area contributed by atoms with Crippen LogP contribution in [-0.2, 0) is 28.6 Å². The van der Waals surface area contributed by atoms with Gasteiger partial charge in [0.2, 0.25) is 0 Å². The summed E-state index contributed by atoms with van der Waals surface area (Å²) in [5.41, 5.74) is 0. The van der Waals surface area contributed by atoms with Gasteiger partial charge in [0.05, 0.1) is 0 Å². The molecule has 0 radical (unpaired) electrons. The van der Waals surface area contributed by atoms with Crippen LogP contribution in [0.3, 0.4) is 0 Å². The molecule has 0 aliphatic carbocycles. The van der Waals surface area contributed by atoms with Crippen molar-refractivity contribution in [2.24, 2.45) is 0 Å². The molecule has 0 N–H and O–H groups in total. The summed E-state index contributed by atoms with van der Waals surface area (Å²) in [6.07, 6.45) is 60.4. The molecule has 6 heteroatoms. The summed E-state index contributed by atoms with van der Waals surface area (Å²) in [7, 11) is 0. The van der Waals surface area contributed by atoms with Crippen LogP contribution in [0.2, 0.25) is 0 Å². The van der Waals surface area contributed by atoms with Crippen LogP contribution in [-0.4, -0.2) is 37.2 Å². The summed E-state index contributed by atoms with van der Waals surface area (Å²) in [4.78, 5) is 37.8. The van der Waals surface area contributed by atoms with Crippen molar-refractivity contribution >= 4 is 17.9 Å². The van der Waals surface area contributed by atoms with Crippen LogP contribution >= 0.6 is 0 Å². The van der Waals surface area contributed by atoms with Gasteiger partial charge < -0.3 is 14.2 Å². The lowest BCUT2D eigenvalue weighted by molar-refractivity contribution is -0.166. The monoisotopic (exact) mass is 837 g/mol. The van der Waals surface area contributed by atoms with Crippen LogP contribution in [0, 0.1) is 0 Å². The van der Waals surface area contributed by atoms with Gasteiger partial charge in [0.1, 0.15) is 13.2 Å². The lowest BCUT2D eigenvalue weighted by atomic mass is 10.0. The standard InChI is InChI=1S/C54H92O6/c1-4-7-10-13-16-19-22-25-27-28-30-32-35-38-41-44-47-53(56)59-50-51(49-58-52(55)46-43-40-37-34-31-24-21-18-15-12-9-6-3)60-54(57)48-45-42-39-36-33-29-26-23-20-17-14-11-8-5-2/h7,10,16,19,25,27,29-30,32-33,38,41,51H,4-6,8-9,11-15,17-18,20-24,26,28,31,34-37,39-40,42-50H2,1-3H3/b10-7-,19-16-,27-25-,32-30-,33-29-,41-38-. The molecule has 0 fully saturated rings. The normalized spacial score (nSPS) is 12.7. The molecule has 0 rings (SSSR count). The number of esters is 3. The van der Waals surface area contributed by atoms with Gasteiger partial charge in [-0.15, -0.1) is 0 Å². The van der Waals surface area contributed by atoms with Crippen molar-refractivity contribution < 1.29 is 28.6 Å². The molecule has 0 amide bonds. The van der Waals surface area contributed by atoms with Gasteiger partial charge in [-0.05, 0) is 77.0 Å². The van der Waals surface area contributed by atoms with E-state index in [9.17, 15) is 14.4 Å². The van der Waals surface area contributed by atoms with E-state index in [1.165, 1.54) is 103 Å². The first-order chi connectivity index (χ1) is 29.5. The number of carbonyl (C=O) groups is 3. The number of hydrogen-bond acceptors (Lipinski definition) is 6. The summed E-state index contributed by atoms with van der Waals surface area (Å²) in [5.74, 6) is -1.01. The van der Waals surface area contributed by atoms with E-state index in [4.69, 9.17) is 14.2 Å². The van der Waals surface area contributed by atoms with E-state index in [1.54, 1.807) is 0 Å². The minimum Gasteiger partial charge on any atom is -0.462 e. The van der Waals surface area contributed by atoms with Crippen molar-refractivity contribution in [2.45, 2.75) is 239 Å². The Labute approximate surface area is 370 Å². The predicted octanol–water partition coefficient (Wildman–Crippen LogP) is 16.3. The Bertz CT molecular complexity index is 1140. The first-order valence-corrected chi connectivity index (χ1v) is 24.9. The third kappa shape index (κ3) is 45.9. The second kappa shape index (κ2) is 48.5. The molecule has 0 aromatic carbocycles. The van der Waals surface area contributed by atoms with Crippen LogP contribution in [0.1, 0.15) is 233 Å². The Kier molecular flexibility index (Phi) is 46.0. The lowest BCUT2D eigenvalue weighted by Crippen LogP contribution is -2.30. The van der Waals surface area contributed by atoms with E-state index in [1.807, 2.05) is 12.2 Å². The second-order valence-corrected chi connectivity index (χ2v) is 16.3. The van der Waals surface area contributed by atoms with Crippen molar-refractivity contribution in [2.75, 3.05) is 13.2 Å². The highest BCUT2D eigenvalue weighted by molar-refractivity contribution is 5.71. The number of allylic oxidation sites excluding steroid dienone is 12. The number of carbonyl (C=O) groups excluding carboxylic acids is 3. The molecule has 0 aliphatic rings. The molecule has 1 atom stereocenters. The molecule has 0 spiro atoms. The first-order valence-electron chi connectivity index (χ1n) is 24.9. The van der Waals surface area contributed by atoms with Crippen LogP contribution in [0.25, 0.3) is 0 Å². The van der Waals surface area contributed by atoms with Crippen molar-refractivity contribution in [3.8, 4) is 0 Å². The third-order valence-electron chi connectivity index (χ3n) is 10.5. The zero-order valence-electron chi connectivity index (χ0n) is 39.2. The zero-order chi connectivity index (χ0) is 43.7. The molecule has 1 unspecified atom stereocenters. The van der Waals surface area contributed by atoms with Gasteiger partial charge in [-0.2, -0.15) is 0 Å². The summed E-state index contributed by atoms with van der Waals surface area (Å²) in [6.45, 7) is 6.43. The number of ether oxygens (including phenoxy) is 3. The van der Waals surface area contributed by atoms with Crippen LogP contribution in [0.15, 0.2) is 72.9 Å². The molecule has 344 valence electrons. The van der Waals surface area contributed by atoms with E-state index in [0.717, 1.165) is 83.5 Å². The predicted molar refractivity (Wildman–Crippen MR) is 256 cm³/mol. The fourth-order valence-electron chi connectivity index (χ4n) is 6.72. The van der Waals surface area contributed by atoms with Crippen molar-refractivity contribution in [1.29, 1.82) is 0 Å². The van der Waals surface area contributed by atoms with Crippen LogP contribution in [0.5, 0.6) is 0 Å². The molecule has 0 saturated heterocycles. The highest BCUT2D eigenvalue weighted by atomic mass is 16.6. The Hall–Kier alpha value is -3.15. The smallest absolute Gasteiger partial charge is 0.306 e. The molecule has 0 saturated carbocycles. The lowest BCUT2D eigenvalue weighted by Gasteiger charge is -2.18. The van der Waals surface area contributed by atoms with Crippen molar-refractivity contribution in [1.82, 2.24) is 0 Å². The van der Waals surface area contributed by atoms with Crippen molar-refractivity contribution in [3.63, 3.8) is 0 Å². The summed E-state index contributed by atoms with van der Waals surface area (Å²) in [5, 5.41) is 0. The fourth-order valence-corrected chi connectivity index (χ4v) is 6.72. The first kappa shape index (κ1) is 56.9. The molecule has 0 heterocycles. The Morgan fingerprint density at radius 3 is 1.13 bits per heavy atom. The maximum absolute atomic E-state index is 12.8. The van der Waals surface area contributed by atoms with Crippen LogP contribution < -0.4 is 0 Å². The second-order valence-electron chi connectivity index (χ2n) is 16.3. The van der Waals surface area contributed by atoms with E-state index in [0.29, 0.717) is 19.3 Å². The summed E-state index contributed by atoms with van der Waals surface area (Å²) < 4.78 is 16.7. The van der Waals surface area contributed by atoms with E-state index in [2.05, 4.69) is 81.5 Å². The van der Waals surface area contributed by atoms with Crippen LogP contribution in [0.4, 0.5) is 0 Å². The highest BCUT2D eigenvalue weighted by Gasteiger charge is 2.19. The van der Waals surface area contributed by atoms with E-state index in [-0.39, 0.29) is 37.5 Å². The molecular formula is C54H92O6. The molecular weight excluding hydrogens is 745 g/mol. The average molecular weight is 837 g/mol. The average Bonchev–Trinajstić information content (AvgIpc) is 3.24. The highest BCUT2D eigenvalue weighted by Crippen LogP contribution is 2.14. The molecule has 6 nitrogen and oxygen atoms in total. The minimum absolute atomic E-state index is 0.103. The molecule has 0 aromatic heterocycles. The molecule has 60 heavy (non-hydrogen) atoms. The molecule has 0 aliphatic heterocycles. The van der Waals surface area contributed by atoms with Gasteiger partial charge in [-0.1, -0.05) is 209 Å². The maximum Gasteiger partial charge on any atom is 0.306 e. The summed E-state index contributed by atoms with van der Waals surface area (Å²) in [6, 6.07) is 0. The quantitative estimate of drug-likeness (QED) is 0.0263. The maximum atomic E-state index is 12.8. The Morgan fingerprint density at radius 1 is 0.350 bits per heavy atom. The minimum atomic E-state index is -0.810.